The van der Waals surface area contributed by atoms with Gasteiger partial charge in [0.2, 0.25) is 17.7 Å². The molecule has 2 amide bonds. The Kier molecular flexibility index (Phi) is 6.12. The van der Waals surface area contributed by atoms with Gasteiger partial charge in [0, 0.05) is 37.2 Å². The molecule has 0 unspecified atom stereocenters. The largest absolute Gasteiger partial charge is 0.468 e. The van der Waals surface area contributed by atoms with Crippen molar-refractivity contribution in [3.63, 3.8) is 0 Å². The van der Waals surface area contributed by atoms with E-state index in [1.165, 1.54) is 23.6 Å². The van der Waals surface area contributed by atoms with Crippen molar-refractivity contribution in [2.75, 3.05) is 18.1 Å². The van der Waals surface area contributed by atoms with Crippen LogP contribution in [0.5, 0.6) is 5.88 Å². The summed E-state index contributed by atoms with van der Waals surface area (Å²) in [5.41, 5.74) is 1.11. The van der Waals surface area contributed by atoms with Crippen LogP contribution < -0.4 is 15.0 Å². The van der Waals surface area contributed by atoms with Crippen LogP contribution in [0.25, 0.3) is 0 Å². The van der Waals surface area contributed by atoms with Crippen molar-refractivity contribution in [1.29, 1.82) is 0 Å². The highest BCUT2D eigenvalue weighted by molar-refractivity contribution is 7.14. The number of alkyl halides is 3. The molecule has 0 aromatic carbocycles. The minimum absolute atomic E-state index is 0.0339. The van der Waals surface area contributed by atoms with Gasteiger partial charge in [-0.05, 0) is 18.1 Å². The molecule has 0 spiro atoms. The Balaban J connectivity index is 1.49. The molecule has 1 fully saturated rings. The van der Waals surface area contributed by atoms with Crippen LogP contribution >= 0.6 is 11.3 Å². The number of carbonyl (C=O) groups excluding carboxylic acids is 2. The van der Waals surface area contributed by atoms with Crippen LogP contribution in [0.1, 0.15) is 24.1 Å². The molecule has 28 heavy (non-hydrogen) atoms. The molecule has 11 heteroatoms. The molecule has 0 saturated carbocycles. The molecule has 0 atom stereocenters. The van der Waals surface area contributed by atoms with Crippen LogP contribution in [0, 0.1) is 0 Å². The predicted octanol–water partition coefficient (Wildman–Crippen LogP) is 2.46. The first kappa shape index (κ1) is 20.1. The molecule has 0 bridgehead atoms. The Morgan fingerprint density at radius 2 is 2.21 bits per heavy atom. The number of pyridine rings is 1. The van der Waals surface area contributed by atoms with Gasteiger partial charge >= 0.3 is 6.18 Å². The monoisotopic (exact) mass is 414 g/mol. The number of nitrogens with one attached hydrogen (secondary N) is 1. The average Bonchev–Trinajstić information content (AvgIpc) is 3.26. The molecule has 2 aromatic rings. The predicted molar refractivity (Wildman–Crippen MR) is 95.0 cm³/mol. The lowest BCUT2D eigenvalue weighted by molar-refractivity contribution is -0.154. The van der Waals surface area contributed by atoms with Gasteiger partial charge in [0.05, 0.1) is 12.1 Å². The summed E-state index contributed by atoms with van der Waals surface area (Å²) in [7, 11) is 0. The lowest BCUT2D eigenvalue weighted by atomic mass is 10.2. The van der Waals surface area contributed by atoms with Crippen LogP contribution in [-0.2, 0) is 22.6 Å². The van der Waals surface area contributed by atoms with E-state index in [-0.39, 0.29) is 30.7 Å². The molecule has 1 saturated heterocycles. The van der Waals surface area contributed by atoms with E-state index in [2.05, 4.69) is 20.0 Å². The highest BCUT2D eigenvalue weighted by atomic mass is 32.1. The summed E-state index contributed by atoms with van der Waals surface area (Å²) in [4.78, 5) is 33.5. The summed E-state index contributed by atoms with van der Waals surface area (Å²) in [5, 5.41) is 5.00. The van der Waals surface area contributed by atoms with Crippen molar-refractivity contribution >= 4 is 28.3 Å². The second-order valence-electron chi connectivity index (χ2n) is 6.13. The average molecular weight is 414 g/mol. The van der Waals surface area contributed by atoms with E-state index >= 15 is 0 Å². The van der Waals surface area contributed by atoms with Crippen molar-refractivity contribution < 1.29 is 27.5 Å². The highest BCUT2D eigenvalue weighted by Gasteiger charge is 2.28. The maximum atomic E-state index is 12.2. The van der Waals surface area contributed by atoms with E-state index in [9.17, 15) is 22.8 Å². The molecule has 1 aliphatic heterocycles. The number of ether oxygens (including phenoxy) is 1. The molecule has 150 valence electrons. The Hall–Kier alpha value is -2.69. The van der Waals surface area contributed by atoms with E-state index in [0.717, 1.165) is 6.42 Å². The Morgan fingerprint density at radius 3 is 2.93 bits per heavy atom. The summed E-state index contributed by atoms with van der Waals surface area (Å²) in [6.07, 6.45) is -1.78. The second kappa shape index (κ2) is 8.55. The molecule has 1 aliphatic rings. The van der Waals surface area contributed by atoms with Crippen LogP contribution in [-0.4, -0.2) is 41.1 Å². The standard InChI is InChI=1S/C17H17F3N4O3S/c18-17(19,20)10-27-14-6-11(3-4-21-14)8-22-13(25)7-12-9-28-16(23-12)24-5-1-2-15(24)26/h3-4,6,9H,1-2,5,7-8,10H2,(H,22,25). The summed E-state index contributed by atoms with van der Waals surface area (Å²) in [5.74, 6) is -0.422. The second-order valence-corrected chi connectivity index (χ2v) is 6.97. The van der Waals surface area contributed by atoms with Crippen LogP contribution in [0.4, 0.5) is 18.3 Å². The Morgan fingerprint density at radius 1 is 1.39 bits per heavy atom. The third-order valence-corrected chi connectivity index (χ3v) is 4.77. The third kappa shape index (κ3) is 5.65. The van der Waals surface area contributed by atoms with Crippen LogP contribution in [0.2, 0.25) is 0 Å². The fraction of sp³-hybridized carbons (Fsp3) is 0.412. The first-order chi connectivity index (χ1) is 13.3. The summed E-state index contributed by atoms with van der Waals surface area (Å²) in [6.45, 7) is -0.675. The number of hydrogen-bond donors (Lipinski definition) is 1. The molecule has 0 aliphatic carbocycles. The van der Waals surface area contributed by atoms with Gasteiger partial charge in [-0.1, -0.05) is 0 Å². The first-order valence-electron chi connectivity index (χ1n) is 8.46. The third-order valence-electron chi connectivity index (χ3n) is 3.86. The van der Waals surface area contributed by atoms with E-state index < -0.39 is 12.8 Å². The van der Waals surface area contributed by atoms with Crippen molar-refractivity contribution in [3.8, 4) is 5.88 Å². The summed E-state index contributed by atoms with van der Waals surface area (Å²) < 4.78 is 41.1. The van der Waals surface area contributed by atoms with Gasteiger partial charge in [-0.3, -0.25) is 14.5 Å². The molecule has 1 N–H and O–H groups in total. The van der Waals surface area contributed by atoms with Crippen molar-refractivity contribution in [1.82, 2.24) is 15.3 Å². The van der Waals surface area contributed by atoms with Crippen molar-refractivity contribution in [3.05, 3.63) is 35.0 Å². The molecular formula is C17H17F3N4O3S. The number of aromatic nitrogens is 2. The van der Waals surface area contributed by atoms with Gasteiger partial charge < -0.3 is 10.1 Å². The van der Waals surface area contributed by atoms with E-state index in [1.54, 1.807) is 16.3 Å². The topological polar surface area (TPSA) is 84.4 Å². The number of nitrogens with zero attached hydrogens (tertiary/aromatic N) is 3. The Labute approximate surface area is 162 Å². The van der Waals surface area contributed by atoms with Gasteiger partial charge in [-0.2, -0.15) is 13.2 Å². The molecular weight excluding hydrogens is 397 g/mol. The Bertz CT molecular complexity index is 856. The maximum absolute atomic E-state index is 12.2. The maximum Gasteiger partial charge on any atom is 0.422 e. The van der Waals surface area contributed by atoms with E-state index in [1.807, 2.05) is 0 Å². The first-order valence-corrected chi connectivity index (χ1v) is 9.34. The minimum atomic E-state index is -4.45. The van der Waals surface area contributed by atoms with E-state index in [4.69, 9.17) is 0 Å². The number of hydrogen-bond acceptors (Lipinski definition) is 6. The number of thiazole rings is 1. The van der Waals surface area contributed by atoms with Gasteiger partial charge in [0.25, 0.3) is 0 Å². The number of anilines is 1. The lowest BCUT2D eigenvalue weighted by Crippen LogP contribution is -2.25. The van der Waals surface area contributed by atoms with Gasteiger partial charge in [-0.25, -0.2) is 9.97 Å². The smallest absolute Gasteiger partial charge is 0.422 e. The van der Waals surface area contributed by atoms with Gasteiger partial charge in [0.15, 0.2) is 11.7 Å². The number of halogens is 3. The molecule has 3 heterocycles. The van der Waals surface area contributed by atoms with Crippen molar-refractivity contribution in [2.24, 2.45) is 0 Å². The van der Waals surface area contributed by atoms with Crippen LogP contribution in [0.15, 0.2) is 23.7 Å². The number of amides is 2. The van der Waals surface area contributed by atoms with E-state index in [0.29, 0.717) is 29.4 Å². The fourth-order valence-corrected chi connectivity index (χ4v) is 3.44. The fourth-order valence-electron chi connectivity index (χ4n) is 2.57. The zero-order chi connectivity index (χ0) is 20.1. The number of rotatable bonds is 7. The van der Waals surface area contributed by atoms with Gasteiger partial charge in [0.1, 0.15) is 0 Å². The molecule has 0 radical (unpaired) electrons. The number of carbonyl (C=O) groups is 2. The molecule has 2 aromatic heterocycles. The minimum Gasteiger partial charge on any atom is -0.468 e. The zero-order valence-corrected chi connectivity index (χ0v) is 15.5. The summed E-state index contributed by atoms with van der Waals surface area (Å²) >= 11 is 1.31. The summed E-state index contributed by atoms with van der Waals surface area (Å²) in [6, 6.07) is 2.91. The highest BCUT2D eigenvalue weighted by Crippen LogP contribution is 2.25. The zero-order valence-electron chi connectivity index (χ0n) is 14.7. The molecule has 7 nitrogen and oxygen atoms in total. The van der Waals surface area contributed by atoms with Crippen molar-refractivity contribution in [2.45, 2.75) is 32.0 Å². The molecule has 3 rings (SSSR count). The lowest BCUT2D eigenvalue weighted by Gasteiger charge is -2.10. The van der Waals surface area contributed by atoms with Gasteiger partial charge in [-0.15, -0.1) is 11.3 Å². The normalized spacial score (nSPS) is 14.4. The van der Waals surface area contributed by atoms with Crippen LogP contribution in [0.3, 0.4) is 0 Å². The quantitative estimate of drug-likeness (QED) is 0.753. The SMILES string of the molecule is O=C(Cc1csc(N2CCCC2=O)n1)NCc1ccnc(OCC(F)(F)F)c1.